The molecule has 1 N–H and O–H groups in total. The van der Waals surface area contributed by atoms with Gasteiger partial charge in [0.15, 0.2) is 0 Å². The van der Waals surface area contributed by atoms with Crippen molar-refractivity contribution in [3.8, 4) is 6.07 Å². The predicted molar refractivity (Wildman–Crippen MR) is 113 cm³/mol. The highest BCUT2D eigenvalue weighted by atomic mass is 19.3. The molecule has 1 aromatic heterocycles. The van der Waals surface area contributed by atoms with Gasteiger partial charge in [0.25, 0.3) is 5.92 Å². The van der Waals surface area contributed by atoms with Crippen molar-refractivity contribution >= 4 is 22.7 Å². The summed E-state index contributed by atoms with van der Waals surface area (Å²) >= 11 is 0. The van der Waals surface area contributed by atoms with E-state index in [0.717, 1.165) is 0 Å². The van der Waals surface area contributed by atoms with Crippen LogP contribution in [0, 0.1) is 11.3 Å². The molecular weight excluding hydrogens is 390 g/mol. The molecular formula is C22H28F2N4O2. The van der Waals surface area contributed by atoms with E-state index < -0.39 is 36.6 Å². The number of nitrogens with zero attached hydrogens (tertiary/aromatic N) is 3. The van der Waals surface area contributed by atoms with Crippen LogP contribution in [0.4, 0.5) is 19.3 Å². The lowest BCUT2D eigenvalue weighted by Gasteiger charge is -2.39. The zero-order valence-corrected chi connectivity index (χ0v) is 18.0. The van der Waals surface area contributed by atoms with Gasteiger partial charge in [-0.15, -0.1) is 0 Å². The number of hydrogen-bond donors (Lipinski definition) is 1. The largest absolute Gasteiger partial charge is 0.444 e. The van der Waals surface area contributed by atoms with Gasteiger partial charge in [0.05, 0.1) is 23.7 Å². The lowest BCUT2D eigenvalue weighted by Crippen LogP contribution is -2.56. The molecule has 0 saturated carbocycles. The molecule has 1 fully saturated rings. The van der Waals surface area contributed by atoms with E-state index in [4.69, 9.17) is 4.74 Å². The van der Waals surface area contributed by atoms with E-state index in [1.807, 2.05) is 13.8 Å². The first-order valence-electron chi connectivity index (χ1n) is 9.98. The van der Waals surface area contributed by atoms with Gasteiger partial charge in [0, 0.05) is 30.2 Å². The maximum atomic E-state index is 14.4. The van der Waals surface area contributed by atoms with Gasteiger partial charge < -0.3 is 15.0 Å². The van der Waals surface area contributed by atoms with Crippen molar-refractivity contribution in [1.82, 2.24) is 10.3 Å². The van der Waals surface area contributed by atoms with Gasteiger partial charge in [-0.1, -0.05) is 13.8 Å². The van der Waals surface area contributed by atoms with Crippen LogP contribution in [-0.2, 0) is 4.74 Å². The number of nitriles is 1. The van der Waals surface area contributed by atoms with Gasteiger partial charge in [0.2, 0.25) is 0 Å². The predicted octanol–water partition coefficient (Wildman–Crippen LogP) is 4.87. The Labute approximate surface area is 175 Å². The summed E-state index contributed by atoms with van der Waals surface area (Å²) in [5.74, 6) is -2.99. The molecule has 162 valence electrons. The summed E-state index contributed by atoms with van der Waals surface area (Å²) in [6.07, 6.45) is 0.376. The number of hydrogen-bond acceptors (Lipinski definition) is 5. The number of benzene rings is 1. The number of amides is 1. The maximum Gasteiger partial charge on any atom is 0.407 e. The normalized spacial score (nSPS) is 18.1. The molecule has 1 aliphatic rings. The van der Waals surface area contributed by atoms with E-state index in [-0.39, 0.29) is 6.54 Å². The Morgan fingerprint density at radius 1 is 1.33 bits per heavy atom. The Balaban J connectivity index is 0.00000155. The van der Waals surface area contributed by atoms with Crippen LogP contribution < -0.4 is 10.2 Å². The molecule has 2 heterocycles. The minimum atomic E-state index is -2.99. The fraction of sp³-hybridized carbons (Fsp3) is 0.500. The van der Waals surface area contributed by atoms with Crippen molar-refractivity contribution in [1.29, 1.82) is 5.26 Å². The van der Waals surface area contributed by atoms with Gasteiger partial charge in [-0.05, 0) is 45.0 Å². The highest BCUT2D eigenvalue weighted by molar-refractivity contribution is 5.95. The van der Waals surface area contributed by atoms with Crippen molar-refractivity contribution in [3.63, 3.8) is 0 Å². The molecule has 0 aliphatic carbocycles. The number of ether oxygens (including phenoxy) is 1. The zero-order valence-electron chi connectivity index (χ0n) is 18.0. The van der Waals surface area contributed by atoms with Crippen LogP contribution in [0.2, 0.25) is 0 Å². The van der Waals surface area contributed by atoms with Crippen molar-refractivity contribution in [2.45, 2.75) is 58.6 Å². The van der Waals surface area contributed by atoms with Crippen LogP contribution in [0.15, 0.2) is 30.5 Å². The summed E-state index contributed by atoms with van der Waals surface area (Å²) in [7, 11) is 0. The molecule has 0 radical (unpaired) electrons. The van der Waals surface area contributed by atoms with E-state index in [2.05, 4.69) is 16.4 Å². The lowest BCUT2D eigenvalue weighted by molar-refractivity contribution is -0.0229. The molecule has 1 aromatic carbocycles. The molecule has 0 bridgehead atoms. The molecule has 0 spiro atoms. The average Bonchev–Trinajstić information content (AvgIpc) is 2.65. The Kier molecular flexibility index (Phi) is 7.19. The summed E-state index contributed by atoms with van der Waals surface area (Å²) in [5, 5.41) is 12.4. The van der Waals surface area contributed by atoms with Crippen LogP contribution in [0.25, 0.3) is 10.9 Å². The fourth-order valence-electron chi connectivity index (χ4n) is 3.38. The van der Waals surface area contributed by atoms with E-state index in [1.165, 1.54) is 4.90 Å². The Hall–Kier alpha value is -2.95. The first-order valence-corrected chi connectivity index (χ1v) is 9.98. The number of carbonyl (C=O) groups is 1. The van der Waals surface area contributed by atoms with E-state index in [1.54, 1.807) is 51.2 Å². The first kappa shape index (κ1) is 23.3. The van der Waals surface area contributed by atoms with Crippen LogP contribution >= 0.6 is 0 Å². The minimum Gasteiger partial charge on any atom is -0.444 e. The number of alkyl halides is 2. The summed E-state index contributed by atoms with van der Waals surface area (Å²) in [4.78, 5) is 17.8. The van der Waals surface area contributed by atoms with E-state index in [0.29, 0.717) is 22.2 Å². The molecule has 1 atom stereocenters. The topological polar surface area (TPSA) is 78.2 Å². The maximum absolute atomic E-state index is 14.4. The first-order chi connectivity index (χ1) is 14.1. The number of nitrogens with one attached hydrogen (secondary N) is 1. The summed E-state index contributed by atoms with van der Waals surface area (Å²) in [6.45, 7) is 8.86. The van der Waals surface area contributed by atoms with Gasteiger partial charge in [-0.3, -0.25) is 4.98 Å². The van der Waals surface area contributed by atoms with Gasteiger partial charge in [-0.2, -0.15) is 5.26 Å². The van der Waals surface area contributed by atoms with Crippen molar-refractivity contribution in [3.05, 3.63) is 36.0 Å². The summed E-state index contributed by atoms with van der Waals surface area (Å²) in [5.41, 5.74) is 0.688. The second kappa shape index (κ2) is 9.24. The van der Waals surface area contributed by atoms with Crippen LogP contribution in [0.5, 0.6) is 0 Å². The third kappa shape index (κ3) is 5.78. The number of rotatable bonds is 2. The number of fused-ring (bicyclic) bond motifs is 1. The van der Waals surface area contributed by atoms with Crippen LogP contribution in [0.1, 0.15) is 46.6 Å². The highest BCUT2D eigenvalue weighted by Gasteiger charge is 2.41. The molecule has 1 unspecified atom stereocenters. The fourth-order valence-corrected chi connectivity index (χ4v) is 3.38. The second-order valence-corrected chi connectivity index (χ2v) is 7.93. The van der Waals surface area contributed by atoms with Gasteiger partial charge >= 0.3 is 6.09 Å². The number of aromatic nitrogens is 1. The molecule has 1 amide bonds. The Morgan fingerprint density at radius 2 is 2.03 bits per heavy atom. The zero-order chi connectivity index (χ0) is 22.5. The third-order valence-corrected chi connectivity index (χ3v) is 4.34. The monoisotopic (exact) mass is 418 g/mol. The summed E-state index contributed by atoms with van der Waals surface area (Å²) in [6, 6.07) is 7.97. The quantitative estimate of drug-likeness (QED) is 0.753. The van der Waals surface area contributed by atoms with Crippen molar-refractivity contribution in [2.75, 3.05) is 18.0 Å². The second-order valence-electron chi connectivity index (χ2n) is 7.93. The lowest BCUT2D eigenvalue weighted by atomic mass is 9.99. The SMILES string of the molecule is CC.CC(C)(C)OC(=O)NC1CN(c2ccc(C#N)c3ncccc23)CC(F)(F)C1. The number of pyridine rings is 1. The smallest absolute Gasteiger partial charge is 0.407 e. The minimum absolute atomic E-state index is 0.199. The molecule has 6 nitrogen and oxygen atoms in total. The standard InChI is InChI=1S/C20H22F2N4O2.C2H6/c1-19(2,3)28-18(27)25-14-9-20(21,22)12-26(11-14)16-7-6-13(10-23)17-15(16)5-4-8-24-17;1-2/h4-8,14H,9,11-12H2,1-3H3,(H,25,27);1-2H3. The number of halogens is 2. The molecule has 30 heavy (non-hydrogen) atoms. The van der Waals surface area contributed by atoms with Gasteiger partial charge in [0.1, 0.15) is 11.7 Å². The molecule has 3 rings (SSSR count). The number of anilines is 1. The van der Waals surface area contributed by atoms with Crippen LogP contribution in [-0.4, -0.2) is 41.7 Å². The molecule has 1 saturated heterocycles. The Bertz CT molecular complexity index is 935. The van der Waals surface area contributed by atoms with Crippen LogP contribution in [0.3, 0.4) is 0 Å². The third-order valence-electron chi connectivity index (χ3n) is 4.34. The highest BCUT2D eigenvalue weighted by Crippen LogP contribution is 2.34. The van der Waals surface area contributed by atoms with Crippen molar-refractivity contribution < 1.29 is 18.3 Å². The molecule has 2 aromatic rings. The molecule has 8 heteroatoms. The Morgan fingerprint density at radius 3 is 2.67 bits per heavy atom. The molecule has 1 aliphatic heterocycles. The number of carbonyl (C=O) groups excluding carboxylic acids is 1. The average molecular weight is 418 g/mol. The number of alkyl carbamates (subject to hydrolysis) is 1. The van der Waals surface area contributed by atoms with E-state index >= 15 is 0 Å². The summed E-state index contributed by atoms with van der Waals surface area (Å²) < 4.78 is 34.0. The number of piperidine rings is 1. The van der Waals surface area contributed by atoms with Crippen molar-refractivity contribution in [2.24, 2.45) is 0 Å². The van der Waals surface area contributed by atoms with E-state index in [9.17, 15) is 18.8 Å². The van der Waals surface area contributed by atoms with Gasteiger partial charge in [-0.25, -0.2) is 13.6 Å².